The molecule has 13 heteroatoms. The summed E-state index contributed by atoms with van der Waals surface area (Å²) in [6, 6.07) is 4.26. The van der Waals surface area contributed by atoms with Crippen molar-refractivity contribution in [3.05, 3.63) is 35.9 Å². The Labute approximate surface area is 203 Å². The van der Waals surface area contributed by atoms with E-state index in [2.05, 4.69) is 20.9 Å². The Balaban J connectivity index is 2.89. The Morgan fingerprint density at radius 2 is 1.60 bits per heavy atom. The largest absolute Gasteiger partial charge is 0.480 e. The summed E-state index contributed by atoms with van der Waals surface area (Å²) in [6.07, 6.45) is -0.754. The molecule has 11 N–H and O–H groups in total. The number of nitrogens with one attached hydrogen (secondary N) is 3. The third-order valence-electron chi connectivity index (χ3n) is 5.01. The third kappa shape index (κ3) is 10.8. The average molecular weight is 494 g/mol. The minimum atomic E-state index is -1.41. The lowest BCUT2D eigenvalue weighted by Gasteiger charge is -2.26. The Morgan fingerprint density at radius 1 is 0.971 bits per heavy atom. The number of hydrogen-bond acceptors (Lipinski definition) is 7. The first-order valence-electron chi connectivity index (χ1n) is 11.1. The zero-order chi connectivity index (χ0) is 26.5. The maximum atomic E-state index is 12.9. The van der Waals surface area contributed by atoms with Gasteiger partial charge in [0.1, 0.15) is 18.1 Å². The molecule has 0 radical (unpaired) electrons. The van der Waals surface area contributed by atoms with Gasteiger partial charge in [-0.15, -0.1) is 0 Å². The number of rotatable bonds is 14. The summed E-state index contributed by atoms with van der Waals surface area (Å²) < 4.78 is 0. The fourth-order valence-corrected chi connectivity index (χ4v) is 3.04. The zero-order valence-corrected chi connectivity index (χ0v) is 19.8. The molecule has 0 aliphatic rings. The number of carboxylic acid groups (broad SMARTS) is 1. The molecule has 1 aromatic carbocycles. The molecule has 3 amide bonds. The van der Waals surface area contributed by atoms with Crippen molar-refractivity contribution >= 4 is 29.7 Å². The van der Waals surface area contributed by atoms with Crippen LogP contribution in [0.1, 0.15) is 32.3 Å². The monoisotopic (exact) mass is 493 g/mol. The van der Waals surface area contributed by atoms with E-state index in [-0.39, 0.29) is 31.8 Å². The van der Waals surface area contributed by atoms with Crippen molar-refractivity contribution in [3.63, 3.8) is 0 Å². The van der Waals surface area contributed by atoms with Gasteiger partial charge in [0.2, 0.25) is 17.7 Å². The van der Waals surface area contributed by atoms with E-state index in [1.165, 1.54) is 13.8 Å². The number of aliphatic hydroxyl groups excluding tert-OH is 1. The van der Waals surface area contributed by atoms with Crippen LogP contribution in [0.5, 0.6) is 0 Å². The summed E-state index contributed by atoms with van der Waals surface area (Å²) in [5.41, 5.74) is 17.3. The summed E-state index contributed by atoms with van der Waals surface area (Å²) in [4.78, 5) is 53.0. The quantitative estimate of drug-likeness (QED) is 0.0778. The van der Waals surface area contributed by atoms with Gasteiger partial charge in [-0.3, -0.25) is 24.2 Å². The first-order chi connectivity index (χ1) is 16.4. The number of aliphatic carboxylic acids is 1. The molecular formula is C22H35N7O6. The first-order valence-corrected chi connectivity index (χ1v) is 11.1. The molecule has 0 spiro atoms. The van der Waals surface area contributed by atoms with Crippen LogP contribution in [0.25, 0.3) is 0 Å². The molecule has 0 aliphatic heterocycles. The molecule has 0 aromatic heterocycles. The number of aliphatic hydroxyl groups is 1. The molecule has 13 nitrogen and oxygen atoms in total. The predicted octanol–water partition coefficient (Wildman–Crippen LogP) is -2.45. The number of hydrogen-bond donors (Lipinski definition) is 8. The molecule has 0 aliphatic carbocycles. The lowest BCUT2D eigenvalue weighted by molar-refractivity contribution is -0.142. The van der Waals surface area contributed by atoms with Gasteiger partial charge < -0.3 is 43.4 Å². The highest BCUT2D eigenvalue weighted by molar-refractivity contribution is 5.94. The fraction of sp³-hybridized carbons (Fsp3) is 0.500. The van der Waals surface area contributed by atoms with Gasteiger partial charge in [0.05, 0.1) is 12.1 Å². The van der Waals surface area contributed by atoms with E-state index in [0.29, 0.717) is 0 Å². The van der Waals surface area contributed by atoms with Gasteiger partial charge in [-0.05, 0) is 38.7 Å². The lowest BCUT2D eigenvalue weighted by Crippen LogP contribution is -2.59. The zero-order valence-electron chi connectivity index (χ0n) is 19.8. The molecule has 0 saturated carbocycles. The van der Waals surface area contributed by atoms with Crippen LogP contribution in [-0.2, 0) is 25.6 Å². The van der Waals surface area contributed by atoms with Crippen LogP contribution in [0.15, 0.2) is 35.3 Å². The van der Waals surface area contributed by atoms with E-state index in [9.17, 15) is 24.3 Å². The Kier molecular flexibility index (Phi) is 12.2. The Bertz CT molecular complexity index is 890. The number of guanidine groups is 1. The van der Waals surface area contributed by atoms with E-state index in [4.69, 9.17) is 22.3 Å². The fourth-order valence-electron chi connectivity index (χ4n) is 3.04. The molecule has 0 saturated heterocycles. The molecule has 1 rings (SSSR count). The SMILES string of the molecule is CC(NC(=O)C(CCCN=C(N)N)NC(=O)C(NC(=O)C(N)Cc1ccccc1)C(C)O)C(=O)O. The molecule has 5 unspecified atom stereocenters. The van der Waals surface area contributed by atoms with Crippen molar-refractivity contribution < 1.29 is 29.4 Å². The molecular weight excluding hydrogens is 458 g/mol. The van der Waals surface area contributed by atoms with Crippen molar-refractivity contribution in [1.29, 1.82) is 0 Å². The van der Waals surface area contributed by atoms with Crippen molar-refractivity contribution in [1.82, 2.24) is 16.0 Å². The van der Waals surface area contributed by atoms with Crippen molar-refractivity contribution in [2.24, 2.45) is 22.2 Å². The molecule has 194 valence electrons. The van der Waals surface area contributed by atoms with Crippen LogP contribution >= 0.6 is 0 Å². The molecule has 1 aromatic rings. The highest BCUT2D eigenvalue weighted by Crippen LogP contribution is 2.05. The topological polar surface area (TPSA) is 235 Å². The summed E-state index contributed by atoms with van der Waals surface area (Å²) in [6.45, 7) is 2.74. The van der Waals surface area contributed by atoms with Gasteiger partial charge in [-0.25, -0.2) is 0 Å². The average Bonchev–Trinajstić information content (AvgIpc) is 2.79. The first kappa shape index (κ1) is 29.3. The number of carboxylic acids is 1. The Morgan fingerprint density at radius 3 is 2.14 bits per heavy atom. The molecule has 0 bridgehead atoms. The summed E-state index contributed by atoms with van der Waals surface area (Å²) in [7, 11) is 0. The van der Waals surface area contributed by atoms with E-state index >= 15 is 0 Å². The van der Waals surface area contributed by atoms with E-state index in [0.717, 1.165) is 5.56 Å². The van der Waals surface area contributed by atoms with Crippen LogP contribution in [0.4, 0.5) is 0 Å². The number of amides is 3. The molecule has 5 atom stereocenters. The van der Waals surface area contributed by atoms with Gasteiger partial charge in [-0.2, -0.15) is 0 Å². The minimum absolute atomic E-state index is 0.0642. The molecule has 35 heavy (non-hydrogen) atoms. The van der Waals surface area contributed by atoms with Crippen LogP contribution < -0.4 is 33.2 Å². The van der Waals surface area contributed by atoms with E-state index in [1.54, 1.807) is 24.3 Å². The molecule has 0 fully saturated rings. The van der Waals surface area contributed by atoms with Crippen LogP contribution in [-0.4, -0.2) is 76.7 Å². The second-order valence-electron chi connectivity index (χ2n) is 8.10. The predicted molar refractivity (Wildman–Crippen MR) is 129 cm³/mol. The number of aliphatic imine (C=N–C) groups is 1. The van der Waals surface area contributed by atoms with E-state index < -0.39 is 54.0 Å². The second-order valence-corrected chi connectivity index (χ2v) is 8.10. The maximum absolute atomic E-state index is 12.9. The molecule has 0 heterocycles. The highest BCUT2D eigenvalue weighted by Gasteiger charge is 2.31. The van der Waals surface area contributed by atoms with Gasteiger partial charge >= 0.3 is 5.97 Å². The highest BCUT2D eigenvalue weighted by atomic mass is 16.4. The number of benzene rings is 1. The number of nitrogens with zero attached hydrogens (tertiary/aromatic N) is 1. The standard InChI is InChI=1S/C22H35N7O6/c1-12(21(34)35)27-19(32)16(9-6-10-26-22(24)25)28-20(33)17(13(2)30)29-18(31)15(23)11-14-7-4-3-5-8-14/h3-5,7-8,12-13,15-17,30H,6,9-11,23H2,1-2H3,(H,27,32)(H,28,33)(H,29,31)(H,34,35)(H4,24,25,26). The van der Waals surface area contributed by atoms with E-state index in [1.807, 2.05) is 6.07 Å². The normalized spacial score (nSPS) is 15.0. The van der Waals surface area contributed by atoms with Crippen LogP contribution in [0.2, 0.25) is 0 Å². The number of nitrogens with two attached hydrogens (primary N) is 3. The Hall–Kier alpha value is -3.71. The van der Waals surface area contributed by atoms with Gasteiger partial charge in [-0.1, -0.05) is 30.3 Å². The smallest absolute Gasteiger partial charge is 0.325 e. The van der Waals surface area contributed by atoms with Crippen molar-refractivity contribution in [3.8, 4) is 0 Å². The second kappa shape index (κ2) is 14.5. The summed E-state index contributed by atoms with van der Waals surface area (Å²) >= 11 is 0. The maximum Gasteiger partial charge on any atom is 0.325 e. The van der Waals surface area contributed by atoms with Crippen molar-refractivity contribution in [2.45, 2.75) is 63.4 Å². The number of carbonyl (C=O) groups excluding carboxylic acids is 3. The van der Waals surface area contributed by atoms with Gasteiger partial charge in [0, 0.05) is 6.54 Å². The number of carbonyl (C=O) groups is 4. The third-order valence-corrected chi connectivity index (χ3v) is 5.01. The van der Waals surface area contributed by atoms with Crippen molar-refractivity contribution in [2.75, 3.05) is 6.54 Å². The van der Waals surface area contributed by atoms with Crippen LogP contribution in [0, 0.1) is 0 Å². The summed E-state index contributed by atoms with van der Waals surface area (Å²) in [5, 5.41) is 26.3. The lowest BCUT2D eigenvalue weighted by atomic mass is 10.0. The van der Waals surface area contributed by atoms with Gasteiger partial charge in [0.15, 0.2) is 5.96 Å². The summed E-state index contributed by atoms with van der Waals surface area (Å²) in [5.74, 6) is -3.66. The minimum Gasteiger partial charge on any atom is -0.480 e. The van der Waals surface area contributed by atoms with Gasteiger partial charge in [0.25, 0.3) is 0 Å². The van der Waals surface area contributed by atoms with Crippen LogP contribution in [0.3, 0.4) is 0 Å².